The first-order chi connectivity index (χ1) is 22.8. The Hall–Kier alpha value is -1.77. The van der Waals surface area contributed by atoms with Gasteiger partial charge in [-0.25, -0.2) is 0 Å². The van der Waals surface area contributed by atoms with Gasteiger partial charge in [-0.1, -0.05) is 47.1 Å². The number of β-amino-alcohol motifs (C(OH)–C–C–N with tert-alkyl or cyclic N) is 1. The van der Waals surface area contributed by atoms with Crippen LogP contribution in [0.15, 0.2) is 11.6 Å². The van der Waals surface area contributed by atoms with Gasteiger partial charge >= 0.3 is 11.9 Å². The largest absolute Gasteiger partial charge is 0.481 e. The van der Waals surface area contributed by atoms with Gasteiger partial charge in [0.15, 0.2) is 5.78 Å². The number of carbonyl (C=O) groups excluding carboxylic acids is 2. The van der Waals surface area contributed by atoms with Crippen molar-refractivity contribution in [3.63, 3.8) is 0 Å². The number of allylic oxidation sites excluding steroid dienone is 2. The standard InChI is InChI=1S/C41H65NO7/c1-9-48-34(45)26-12-20-42(21-13-26)24-27(43)25-49-32-11-14-39(6)31(36(32,2)3)10-15-41(8)33(39)30(44)22-28-29-23-38(5,35(46)47)17-16-37(29,4)18-19-40(28,41)7/h22,26-27,29,31-33,43H,9-21,23-25H2,1-8H3,(H,46,47). The number of aliphatic hydroxyl groups is 1. The lowest BCUT2D eigenvalue weighted by atomic mass is 9.33. The topological polar surface area (TPSA) is 113 Å². The molecule has 0 spiro atoms. The predicted molar refractivity (Wildman–Crippen MR) is 189 cm³/mol. The fourth-order valence-corrected chi connectivity index (χ4v) is 12.8. The summed E-state index contributed by atoms with van der Waals surface area (Å²) in [5.41, 5.74) is -0.0742. The predicted octanol–water partition coefficient (Wildman–Crippen LogP) is 7.07. The minimum absolute atomic E-state index is 0.00540. The first kappa shape index (κ1) is 37.0. The van der Waals surface area contributed by atoms with Crippen LogP contribution in [-0.4, -0.2) is 77.9 Å². The lowest BCUT2D eigenvalue weighted by molar-refractivity contribution is -0.212. The van der Waals surface area contributed by atoms with E-state index in [1.54, 1.807) is 0 Å². The SMILES string of the molecule is CCOC(=O)C1CCN(CC(O)COC2CCC3(C)C(CCC4(C)C3C(=O)C=C3C5CC(C)(C(=O)O)CCC5(C)CCC34C)C2(C)C)CC1. The molecule has 0 aromatic rings. The normalized spacial score (nSPS) is 44.4. The molecule has 5 aliphatic carbocycles. The van der Waals surface area contributed by atoms with Crippen LogP contribution in [0.1, 0.15) is 126 Å². The van der Waals surface area contributed by atoms with E-state index in [4.69, 9.17) is 9.47 Å². The second-order valence-corrected chi connectivity index (χ2v) is 19.2. The number of fused-ring (bicyclic) bond motifs is 7. The number of nitrogens with zero attached hydrogens (tertiary/aromatic N) is 1. The number of aliphatic hydroxyl groups excluding tert-OH is 1. The molecule has 1 heterocycles. The van der Waals surface area contributed by atoms with Crippen LogP contribution in [0, 0.1) is 56.2 Å². The van der Waals surface area contributed by atoms with E-state index in [0.717, 1.165) is 70.9 Å². The zero-order valence-electron chi connectivity index (χ0n) is 31.7. The summed E-state index contributed by atoms with van der Waals surface area (Å²) in [4.78, 5) is 41.5. The second-order valence-electron chi connectivity index (χ2n) is 19.2. The van der Waals surface area contributed by atoms with Gasteiger partial charge in [0.05, 0.1) is 36.8 Å². The molecule has 6 aliphatic rings. The average molecular weight is 684 g/mol. The summed E-state index contributed by atoms with van der Waals surface area (Å²) in [7, 11) is 0. The summed E-state index contributed by atoms with van der Waals surface area (Å²) in [6, 6.07) is 0. The van der Waals surface area contributed by atoms with Gasteiger partial charge in [-0.15, -0.1) is 0 Å². The van der Waals surface area contributed by atoms with Gasteiger partial charge in [-0.2, -0.15) is 0 Å². The van der Waals surface area contributed by atoms with Crippen molar-refractivity contribution in [2.24, 2.45) is 56.2 Å². The molecular weight excluding hydrogens is 618 g/mol. The number of carbonyl (C=O) groups is 3. The van der Waals surface area contributed by atoms with Crippen molar-refractivity contribution in [2.45, 2.75) is 138 Å². The van der Waals surface area contributed by atoms with E-state index in [1.807, 2.05) is 19.9 Å². The van der Waals surface area contributed by atoms with Crippen molar-refractivity contribution in [1.82, 2.24) is 4.90 Å². The fourth-order valence-electron chi connectivity index (χ4n) is 12.8. The third kappa shape index (κ3) is 5.86. The first-order valence-electron chi connectivity index (χ1n) is 19.5. The average Bonchev–Trinajstić information content (AvgIpc) is 3.02. The van der Waals surface area contributed by atoms with Crippen molar-refractivity contribution in [3.8, 4) is 0 Å². The molecule has 1 aliphatic heterocycles. The van der Waals surface area contributed by atoms with Gasteiger partial charge in [0.25, 0.3) is 0 Å². The Morgan fingerprint density at radius 1 is 0.939 bits per heavy atom. The number of carboxylic acid groups (broad SMARTS) is 1. The molecule has 0 radical (unpaired) electrons. The van der Waals surface area contributed by atoms with Crippen LogP contribution in [-0.2, 0) is 23.9 Å². The highest BCUT2D eigenvalue weighted by Crippen LogP contribution is 2.75. The van der Waals surface area contributed by atoms with Gasteiger partial charge < -0.3 is 24.6 Å². The molecule has 2 N–H and O–H groups in total. The summed E-state index contributed by atoms with van der Waals surface area (Å²) in [6.45, 7) is 20.8. The van der Waals surface area contributed by atoms with Crippen LogP contribution < -0.4 is 0 Å². The molecule has 6 rings (SSSR count). The Morgan fingerprint density at radius 3 is 2.27 bits per heavy atom. The lowest BCUT2D eigenvalue weighted by Gasteiger charge is -2.70. The number of likely N-dealkylation sites (tertiary alicyclic amines) is 1. The molecule has 5 fully saturated rings. The zero-order valence-corrected chi connectivity index (χ0v) is 31.7. The maximum absolute atomic E-state index is 14.7. The van der Waals surface area contributed by atoms with Gasteiger partial charge in [0, 0.05) is 12.5 Å². The number of aliphatic carboxylic acids is 1. The fraction of sp³-hybridized carbons (Fsp3) is 0.878. The van der Waals surface area contributed by atoms with E-state index in [9.17, 15) is 24.6 Å². The van der Waals surface area contributed by atoms with Crippen molar-refractivity contribution in [1.29, 1.82) is 0 Å². The van der Waals surface area contributed by atoms with Gasteiger partial charge in [0.1, 0.15) is 0 Å². The van der Waals surface area contributed by atoms with Crippen molar-refractivity contribution < 1.29 is 34.1 Å². The Bertz CT molecular complexity index is 1350. The van der Waals surface area contributed by atoms with Crippen LogP contribution in [0.2, 0.25) is 0 Å². The number of rotatable bonds is 8. The van der Waals surface area contributed by atoms with Gasteiger partial charge in [-0.3, -0.25) is 14.4 Å². The quantitative estimate of drug-likeness (QED) is 0.261. The highest BCUT2D eigenvalue weighted by atomic mass is 16.5. The van der Waals surface area contributed by atoms with Crippen molar-refractivity contribution in [2.75, 3.05) is 32.8 Å². The van der Waals surface area contributed by atoms with E-state index in [1.165, 1.54) is 5.57 Å². The summed E-state index contributed by atoms with van der Waals surface area (Å²) >= 11 is 0. The van der Waals surface area contributed by atoms with E-state index in [0.29, 0.717) is 31.9 Å². The first-order valence-corrected chi connectivity index (χ1v) is 19.5. The van der Waals surface area contributed by atoms with Gasteiger partial charge in [-0.05, 0) is 143 Å². The molecule has 276 valence electrons. The molecule has 1 saturated heterocycles. The number of hydrogen-bond acceptors (Lipinski definition) is 7. The number of ether oxygens (including phenoxy) is 2. The number of ketones is 1. The van der Waals surface area contributed by atoms with Crippen LogP contribution >= 0.6 is 0 Å². The summed E-state index contributed by atoms with van der Waals surface area (Å²) < 4.78 is 11.8. The zero-order chi connectivity index (χ0) is 35.8. The molecule has 4 saturated carbocycles. The highest BCUT2D eigenvalue weighted by molar-refractivity contribution is 5.95. The molecule has 8 nitrogen and oxygen atoms in total. The molecule has 8 heteroatoms. The molecule has 0 amide bonds. The second kappa shape index (κ2) is 12.7. The van der Waals surface area contributed by atoms with E-state index in [-0.39, 0.29) is 69.3 Å². The Kier molecular flexibility index (Phi) is 9.60. The highest BCUT2D eigenvalue weighted by Gasteiger charge is 2.70. The van der Waals surface area contributed by atoms with Crippen LogP contribution in [0.5, 0.6) is 0 Å². The number of piperidine rings is 1. The van der Waals surface area contributed by atoms with Crippen LogP contribution in [0.4, 0.5) is 0 Å². The number of hydrogen-bond donors (Lipinski definition) is 2. The molecule has 10 unspecified atom stereocenters. The minimum Gasteiger partial charge on any atom is -0.481 e. The third-order valence-corrected chi connectivity index (χ3v) is 16.2. The number of carboxylic acids is 1. The van der Waals surface area contributed by atoms with E-state index < -0.39 is 17.5 Å². The summed E-state index contributed by atoms with van der Waals surface area (Å²) in [5.74, 6) is -0.206. The maximum atomic E-state index is 14.7. The third-order valence-electron chi connectivity index (χ3n) is 16.2. The minimum atomic E-state index is -0.745. The van der Waals surface area contributed by atoms with E-state index >= 15 is 0 Å². The molecule has 0 aromatic heterocycles. The Balaban J connectivity index is 1.16. The maximum Gasteiger partial charge on any atom is 0.309 e. The summed E-state index contributed by atoms with van der Waals surface area (Å²) in [6.07, 6.45) is 11.2. The molecule has 0 bridgehead atoms. The van der Waals surface area contributed by atoms with Crippen LogP contribution in [0.25, 0.3) is 0 Å². The monoisotopic (exact) mass is 683 g/mol. The molecule has 49 heavy (non-hydrogen) atoms. The van der Waals surface area contributed by atoms with Crippen molar-refractivity contribution in [3.05, 3.63) is 11.6 Å². The van der Waals surface area contributed by atoms with Crippen LogP contribution in [0.3, 0.4) is 0 Å². The molecule has 10 atom stereocenters. The number of esters is 1. The van der Waals surface area contributed by atoms with Crippen molar-refractivity contribution >= 4 is 17.7 Å². The molecular formula is C41H65NO7. The lowest BCUT2D eigenvalue weighted by Crippen LogP contribution is -2.66. The smallest absolute Gasteiger partial charge is 0.309 e. The summed E-state index contributed by atoms with van der Waals surface area (Å²) in [5, 5.41) is 21.2. The Labute approximate surface area is 295 Å². The molecule has 0 aromatic carbocycles. The van der Waals surface area contributed by atoms with Gasteiger partial charge in [0.2, 0.25) is 0 Å². The van der Waals surface area contributed by atoms with E-state index in [2.05, 4.69) is 46.4 Å². The Morgan fingerprint density at radius 2 is 1.61 bits per heavy atom.